The van der Waals surface area contributed by atoms with Crippen LogP contribution in [0.3, 0.4) is 0 Å². The van der Waals surface area contributed by atoms with Gasteiger partial charge in [0.1, 0.15) is 0 Å². The molecule has 0 saturated carbocycles. The van der Waals surface area contributed by atoms with Crippen molar-refractivity contribution >= 4 is 15.3 Å². The van der Waals surface area contributed by atoms with E-state index in [0.717, 1.165) is 18.9 Å². The Labute approximate surface area is 73.2 Å². The minimum Gasteiger partial charge on any atom is -0.465 e. The Morgan fingerprint density at radius 2 is 2.42 bits per heavy atom. The van der Waals surface area contributed by atoms with Gasteiger partial charge < -0.3 is 9.53 Å². The third-order valence-corrected chi connectivity index (χ3v) is 4.46. The Hall–Kier alpha value is -0.813. The summed E-state index contributed by atoms with van der Waals surface area (Å²) in [6.45, 7) is 4.16. The third kappa shape index (κ3) is 2.08. The lowest BCUT2D eigenvalue weighted by Crippen LogP contribution is -2.43. The molecule has 1 aliphatic heterocycles. The maximum Gasteiger partial charge on any atom is 0.404 e. The van der Waals surface area contributed by atoms with E-state index in [2.05, 4.69) is 6.58 Å². The van der Waals surface area contributed by atoms with Crippen LogP contribution in [0.1, 0.15) is 12.8 Å². The molecule has 12 heavy (non-hydrogen) atoms. The first-order chi connectivity index (χ1) is 5.75. The summed E-state index contributed by atoms with van der Waals surface area (Å²) >= 11 is 0. The quantitative estimate of drug-likeness (QED) is 0.659. The molecule has 1 amide bonds. The van der Waals surface area contributed by atoms with Crippen LogP contribution in [0.5, 0.6) is 0 Å². The molecule has 1 N–H and O–H groups in total. The van der Waals surface area contributed by atoms with Crippen molar-refractivity contribution in [2.45, 2.75) is 18.9 Å². The lowest BCUT2D eigenvalue weighted by molar-refractivity contribution is 0.170. The van der Waals surface area contributed by atoms with Gasteiger partial charge in [0.15, 0.2) is 0 Å². The predicted octanol–water partition coefficient (Wildman–Crippen LogP) is 1.14. The van der Waals surface area contributed by atoms with Gasteiger partial charge in [0.2, 0.25) is 0 Å². The topological polar surface area (TPSA) is 49.8 Å². The zero-order valence-corrected chi connectivity index (χ0v) is 8.06. The molecule has 1 fully saturated rings. The highest BCUT2D eigenvalue weighted by molar-refractivity contribution is 6.52. The van der Waals surface area contributed by atoms with E-state index < -0.39 is 15.3 Å². The fourth-order valence-electron chi connectivity index (χ4n) is 1.26. The largest absolute Gasteiger partial charge is 0.465 e. The molecule has 1 saturated heterocycles. The summed E-state index contributed by atoms with van der Waals surface area (Å²) < 4.78 is 6.65. The van der Waals surface area contributed by atoms with Crippen LogP contribution in [-0.4, -0.2) is 31.6 Å². The van der Waals surface area contributed by atoms with E-state index in [0.29, 0.717) is 6.61 Å². The minimum absolute atomic E-state index is 0.703. The van der Waals surface area contributed by atoms with Gasteiger partial charge in [-0.3, -0.25) is 4.57 Å². The Balaban J connectivity index is 2.51. The van der Waals surface area contributed by atoms with Gasteiger partial charge in [0, 0.05) is 6.61 Å². The molecule has 0 bridgehead atoms. The second-order valence-corrected chi connectivity index (χ2v) is 5.07. The fraction of sp³-hybridized carbons (Fsp3) is 0.571. The zero-order valence-electron chi connectivity index (χ0n) is 6.90. The molecule has 0 aromatic heterocycles. The second-order valence-electron chi connectivity index (χ2n) is 2.69. The van der Waals surface area contributed by atoms with Gasteiger partial charge >= 0.3 is 6.09 Å². The van der Waals surface area contributed by atoms with Crippen molar-refractivity contribution in [2.24, 2.45) is 0 Å². The Bertz CT molecular complexity index is 179. The van der Waals surface area contributed by atoms with Gasteiger partial charge in [-0.15, -0.1) is 0 Å². The molecule has 4 nitrogen and oxygen atoms in total. The van der Waals surface area contributed by atoms with Crippen LogP contribution in [0.25, 0.3) is 0 Å². The fourth-order valence-corrected chi connectivity index (χ4v) is 3.43. The highest BCUT2D eigenvalue weighted by Crippen LogP contribution is 2.14. The number of rotatable bonds is 2. The van der Waals surface area contributed by atoms with Gasteiger partial charge in [0.05, 0.1) is 0 Å². The van der Waals surface area contributed by atoms with Crippen LogP contribution in [0.2, 0.25) is 6.04 Å². The van der Waals surface area contributed by atoms with E-state index in [-0.39, 0.29) is 0 Å². The van der Waals surface area contributed by atoms with Crippen LogP contribution in [0, 0.1) is 0 Å². The summed E-state index contributed by atoms with van der Waals surface area (Å²) in [4.78, 5) is 10.6. The van der Waals surface area contributed by atoms with E-state index >= 15 is 0 Å². The summed E-state index contributed by atoms with van der Waals surface area (Å²) in [7, 11) is -1.68. The van der Waals surface area contributed by atoms with Crippen LogP contribution in [0.15, 0.2) is 12.8 Å². The number of hydrogen-bond acceptors (Lipinski definition) is 2. The van der Waals surface area contributed by atoms with E-state index in [9.17, 15) is 4.79 Å². The summed E-state index contributed by atoms with van der Waals surface area (Å²) in [6.07, 6.45) is 2.54. The van der Waals surface area contributed by atoms with Crippen molar-refractivity contribution in [2.75, 3.05) is 6.61 Å². The van der Waals surface area contributed by atoms with Crippen molar-refractivity contribution < 1.29 is 14.3 Å². The first-order valence-electron chi connectivity index (χ1n) is 4.01. The zero-order chi connectivity index (χ0) is 8.97. The molecule has 1 atom stereocenters. The molecule has 0 aromatic rings. The smallest absolute Gasteiger partial charge is 0.404 e. The van der Waals surface area contributed by atoms with Crippen molar-refractivity contribution in [1.82, 2.24) is 4.57 Å². The van der Waals surface area contributed by atoms with Gasteiger partial charge in [-0.2, -0.15) is 0 Å². The van der Waals surface area contributed by atoms with Crippen molar-refractivity contribution in [3.63, 3.8) is 0 Å². The van der Waals surface area contributed by atoms with Crippen LogP contribution >= 0.6 is 0 Å². The molecular formula is C7H13NO3Si. The normalized spacial score (nSPS) is 23.2. The average molecular weight is 187 g/mol. The summed E-state index contributed by atoms with van der Waals surface area (Å²) in [5, 5.41) is 8.73. The first-order valence-corrected chi connectivity index (χ1v) is 5.81. The van der Waals surface area contributed by atoms with Crippen molar-refractivity contribution in [1.29, 1.82) is 0 Å². The predicted molar refractivity (Wildman–Crippen MR) is 47.2 cm³/mol. The molecule has 1 rings (SSSR count). The number of hydrogen-bond donors (Lipinski definition) is 1. The molecule has 0 spiro atoms. The SMILES string of the molecule is C=CN(C(=O)O)[SiH]1CCCCO1. The molecular weight excluding hydrogens is 174 g/mol. The Kier molecular flexibility index (Phi) is 3.30. The molecule has 68 valence electrons. The molecule has 5 heteroatoms. The maximum atomic E-state index is 10.6. The van der Waals surface area contributed by atoms with Gasteiger partial charge in [-0.05, 0) is 25.1 Å². The van der Waals surface area contributed by atoms with E-state index in [1.807, 2.05) is 0 Å². The minimum atomic E-state index is -1.68. The first kappa shape index (κ1) is 9.28. The van der Waals surface area contributed by atoms with E-state index in [4.69, 9.17) is 9.53 Å². The number of nitrogens with zero attached hydrogens (tertiary/aromatic N) is 1. The molecule has 1 unspecified atom stereocenters. The van der Waals surface area contributed by atoms with Crippen LogP contribution in [-0.2, 0) is 4.43 Å². The maximum absolute atomic E-state index is 10.6. The molecule has 0 aromatic carbocycles. The summed E-state index contributed by atoms with van der Waals surface area (Å²) in [5.41, 5.74) is 0. The average Bonchev–Trinajstić information content (AvgIpc) is 2.07. The highest BCUT2D eigenvalue weighted by Gasteiger charge is 2.26. The number of carbonyl (C=O) groups is 1. The van der Waals surface area contributed by atoms with Gasteiger partial charge in [-0.25, -0.2) is 4.79 Å². The molecule has 0 radical (unpaired) electrons. The second kappa shape index (κ2) is 4.27. The number of amides is 1. The van der Waals surface area contributed by atoms with Gasteiger partial charge in [0.25, 0.3) is 9.20 Å². The lowest BCUT2D eigenvalue weighted by atomic mass is 10.4. The Morgan fingerprint density at radius 1 is 1.67 bits per heavy atom. The van der Waals surface area contributed by atoms with Crippen molar-refractivity contribution in [3.05, 3.63) is 12.8 Å². The molecule has 1 heterocycles. The molecule has 0 aliphatic carbocycles. The lowest BCUT2D eigenvalue weighted by Gasteiger charge is -2.27. The number of carboxylic acid groups (broad SMARTS) is 1. The van der Waals surface area contributed by atoms with Crippen LogP contribution < -0.4 is 0 Å². The summed E-state index contributed by atoms with van der Waals surface area (Å²) in [6, 6.07) is 0.901. The van der Waals surface area contributed by atoms with E-state index in [1.165, 1.54) is 10.8 Å². The standard InChI is InChI=1S/C7H13NO3Si/c1-2-8(7(9)10)12-6-4-3-5-11-12/h2,12H,1,3-6H2,(H,9,10). The highest BCUT2D eigenvalue weighted by atomic mass is 28.3. The van der Waals surface area contributed by atoms with E-state index in [1.54, 1.807) is 0 Å². The summed E-state index contributed by atoms with van der Waals surface area (Å²) in [5.74, 6) is 0. The monoisotopic (exact) mass is 187 g/mol. The molecule has 1 aliphatic rings. The van der Waals surface area contributed by atoms with Crippen LogP contribution in [0.4, 0.5) is 4.79 Å². The third-order valence-electron chi connectivity index (χ3n) is 1.88. The van der Waals surface area contributed by atoms with Gasteiger partial charge in [-0.1, -0.05) is 6.58 Å². The Morgan fingerprint density at radius 3 is 2.83 bits per heavy atom. The van der Waals surface area contributed by atoms with Crippen molar-refractivity contribution in [3.8, 4) is 0 Å².